The number of thioether (sulfide) groups is 1. The number of aryl methyl sites for hydroxylation is 1. The van der Waals surface area contributed by atoms with Gasteiger partial charge in [-0.05, 0) is 31.9 Å². The van der Waals surface area contributed by atoms with Gasteiger partial charge < -0.3 is 15.5 Å². The fourth-order valence-corrected chi connectivity index (χ4v) is 4.32. The van der Waals surface area contributed by atoms with Crippen LogP contribution in [0.15, 0.2) is 35.8 Å². The monoisotopic (exact) mass is 432 g/mol. The number of thiazole rings is 1. The molecule has 0 radical (unpaired) electrons. The van der Waals surface area contributed by atoms with Crippen LogP contribution in [0.25, 0.3) is 0 Å². The molecule has 2 aromatic rings. The van der Waals surface area contributed by atoms with Gasteiger partial charge in [0.15, 0.2) is 5.13 Å². The van der Waals surface area contributed by atoms with Gasteiger partial charge in [0.1, 0.15) is 0 Å². The average molecular weight is 433 g/mol. The van der Waals surface area contributed by atoms with E-state index in [-0.39, 0.29) is 35.1 Å². The maximum absolute atomic E-state index is 12.5. The number of amides is 3. The van der Waals surface area contributed by atoms with Crippen LogP contribution in [0.1, 0.15) is 18.4 Å². The molecule has 0 aliphatic carbocycles. The molecule has 3 rings (SSSR count). The largest absolute Gasteiger partial charge is 0.341 e. The van der Waals surface area contributed by atoms with Crippen molar-refractivity contribution in [3.63, 3.8) is 0 Å². The number of nitrogens with zero attached hydrogens (tertiary/aromatic N) is 2. The van der Waals surface area contributed by atoms with E-state index in [4.69, 9.17) is 0 Å². The lowest BCUT2D eigenvalue weighted by Gasteiger charge is -2.31. The summed E-state index contributed by atoms with van der Waals surface area (Å²) >= 11 is 2.66. The summed E-state index contributed by atoms with van der Waals surface area (Å²) in [7, 11) is 0. The summed E-state index contributed by atoms with van der Waals surface area (Å²) in [4.78, 5) is 42.7. The summed E-state index contributed by atoms with van der Waals surface area (Å²) in [6.45, 7) is 3.04. The van der Waals surface area contributed by atoms with Gasteiger partial charge in [0, 0.05) is 30.4 Å². The number of hydrogen-bond acceptors (Lipinski definition) is 6. The minimum atomic E-state index is -0.230. The highest BCUT2D eigenvalue weighted by Gasteiger charge is 2.28. The standard InChI is InChI=1S/C20H24N4O3S2/c1-14-4-6-16(7-5-14)22-17(25)12-28-13-18(26)24-9-2-3-15(11-24)19(27)23-20-21-8-10-29-20/h4-8,10,15H,2-3,9,11-13H2,1H3,(H,22,25)(H,21,23,27). The van der Waals surface area contributed by atoms with Crippen LogP contribution >= 0.6 is 23.1 Å². The number of hydrogen-bond donors (Lipinski definition) is 2. The molecule has 7 nitrogen and oxygen atoms in total. The molecule has 1 unspecified atom stereocenters. The number of anilines is 2. The van der Waals surface area contributed by atoms with Crippen molar-refractivity contribution in [3.8, 4) is 0 Å². The second kappa shape index (κ2) is 10.4. The van der Waals surface area contributed by atoms with Gasteiger partial charge in [-0.25, -0.2) is 4.98 Å². The molecule has 9 heteroatoms. The van der Waals surface area contributed by atoms with Crippen LogP contribution in [0.5, 0.6) is 0 Å². The summed E-state index contributed by atoms with van der Waals surface area (Å²) in [6.07, 6.45) is 3.19. The van der Waals surface area contributed by atoms with Crippen molar-refractivity contribution < 1.29 is 14.4 Å². The number of rotatable bonds is 7. The zero-order valence-electron chi connectivity index (χ0n) is 16.2. The number of likely N-dealkylation sites (tertiary alicyclic amines) is 1. The zero-order chi connectivity index (χ0) is 20.6. The number of nitrogens with one attached hydrogen (secondary N) is 2. The van der Waals surface area contributed by atoms with E-state index in [1.54, 1.807) is 16.5 Å². The molecule has 3 amide bonds. The molecule has 154 valence electrons. The van der Waals surface area contributed by atoms with Crippen LogP contribution in [0.2, 0.25) is 0 Å². The molecule has 1 atom stereocenters. The Morgan fingerprint density at radius 3 is 2.72 bits per heavy atom. The molecule has 1 aromatic carbocycles. The minimum absolute atomic E-state index is 0.0371. The smallest absolute Gasteiger partial charge is 0.234 e. The second-order valence-corrected chi connectivity index (χ2v) is 8.79. The summed E-state index contributed by atoms with van der Waals surface area (Å²) < 4.78 is 0. The van der Waals surface area contributed by atoms with E-state index in [0.29, 0.717) is 18.2 Å². The fraction of sp³-hybridized carbons (Fsp3) is 0.400. The van der Waals surface area contributed by atoms with E-state index in [9.17, 15) is 14.4 Å². The van der Waals surface area contributed by atoms with E-state index in [0.717, 1.165) is 24.1 Å². The van der Waals surface area contributed by atoms with Crippen LogP contribution in [0.4, 0.5) is 10.8 Å². The average Bonchev–Trinajstić information content (AvgIpc) is 3.23. The Hall–Kier alpha value is -2.39. The Kier molecular flexibility index (Phi) is 7.65. The Morgan fingerprint density at radius 1 is 1.21 bits per heavy atom. The van der Waals surface area contributed by atoms with E-state index < -0.39 is 0 Å². The second-order valence-electron chi connectivity index (χ2n) is 6.91. The van der Waals surface area contributed by atoms with Crippen molar-refractivity contribution in [1.29, 1.82) is 0 Å². The molecular weight excluding hydrogens is 408 g/mol. The quantitative estimate of drug-likeness (QED) is 0.702. The Balaban J connectivity index is 1.39. The van der Waals surface area contributed by atoms with Gasteiger partial charge in [0.2, 0.25) is 17.7 Å². The molecule has 1 aliphatic rings. The Morgan fingerprint density at radius 2 is 2.00 bits per heavy atom. The first-order chi connectivity index (χ1) is 14.0. The lowest BCUT2D eigenvalue weighted by Crippen LogP contribution is -2.44. The van der Waals surface area contributed by atoms with Crippen LogP contribution in [0.3, 0.4) is 0 Å². The third kappa shape index (κ3) is 6.57. The normalized spacial score (nSPS) is 16.3. The van der Waals surface area contributed by atoms with Crippen molar-refractivity contribution in [2.75, 3.05) is 35.2 Å². The van der Waals surface area contributed by atoms with E-state index in [2.05, 4.69) is 15.6 Å². The molecular formula is C20H24N4O3S2. The summed E-state index contributed by atoms with van der Waals surface area (Å²) in [5.74, 6) is -0.0614. The molecule has 1 saturated heterocycles. The van der Waals surface area contributed by atoms with Gasteiger partial charge in [0.25, 0.3) is 0 Å². The van der Waals surface area contributed by atoms with Crippen LogP contribution in [-0.4, -0.2) is 52.2 Å². The van der Waals surface area contributed by atoms with Gasteiger partial charge in [-0.3, -0.25) is 14.4 Å². The lowest BCUT2D eigenvalue weighted by molar-refractivity contribution is -0.132. The number of piperidine rings is 1. The topological polar surface area (TPSA) is 91.4 Å². The summed E-state index contributed by atoms with van der Waals surface area (Å²) in [6, 6.07) is 7.58. The van der Waals surface area contributed by atoms with Crippen LogP contribution < -0.4 is 10.6 Å². The number of carbonyl (C=O) groups excluding carboxylic acids is 3. The highest BCUT2D eigenvalue weighted by molar-refractivity contribution is 8.00. The molecule has 1 fully saturated rings. The maximum Gasteiger partial charge on any atom is 0.234 e. The van der Waals surface area contributed by atoms with Gasteiger partial charge in [-0.1, -0.05) is 17.7 Å². The third-order valence-corrected chi connectivity index (χ3v) is 6.21. The van der Waals surface area contributed by atoms with Gasteiger partial charge in [-0.15, -0.1) is 23.1 Å². The van der Waals surface area contributed by atoms with Crippen molar-refractivity contribution >= 4 is 51.6 Å². The number of benzene rings is 1. The molecule has 2 heterocycles. The van der Waals surface area contributed by atoms with E-state index in [1.165, 1.54) is 23.1 Å². The summed E-state index contributed by atoms with van der Waals surface area (Å²) in [5.41, 5.74) is 1.88. The number of carbonyl (C=O) groups is 3. The van der Waals surface area contributed by atoms with E-state index >= 15 is 0 Å². The SMILES string of the molecule is Cc1ccc(NC(=O)CSCC(=O)N2CCCC(C(=O)Nc3nccs3)C2)cc1. The minimum Gasteiger partial charge on any atom is -0.341 e. The molecule has 1 aliphatic heterocycles. The molecule has 29 heavy (non-hydrogen) atoms. The van der Waals surface area contributed by atoms with Crippen LogP contribution in [0, 0.1) is 12.8 Å². The van der Waals surface area contributed by atoms with Crippen molar-refractivity contribution in [2.24, 2.45) is 5.92 Å². The van der Waals surface area contributed by atoms with Gasteiger partial charge >= 0.3 is 0 Å². The first-order valence-electron chi connectivity index (χ1n) is 9.43. The van der Waals surface area contributed by atoms with Crippen LogP contribution in [-0.2, 0) is 14.4 Å². The highest BCUT2D eigenvalue weighted by Crippen LogP contribution is 2.20. The molecule has 0 spiro atoms. The lowest BCUT2D eigenvalue weighted by atomic mass is 9.97. The third-order valence-electron chi connectivity index (χ3n) is 4.60. The zero-order valence-corrected chi connectivity index (χ0v) is 17.9. The van der Waals surface area contributed by atoms with E-state index in [1.807, 2.05) is 31.2 Å². The Bertz CT molecular complexity index is 840. The van der Waals surface area contributed by atoms with Gasteiger partial charge in [0.05, 0.1) is 17.4 Å². The first kappa shape index (κ1) is 21.3. The summed E-state index contributed by atoms with van der Waals surface area (Å²) in [5, 5.41) is 8.01. The maximum atomic E-state index is 12.5. The molecule has 0 saturated carbocycles. The molecule has 2 N–H and O–H groups in total. The van der Waals surface area contributed by atoms with Crippen molar-refractivity contribution in [3.05, 3.63) is 41.4 Å². The van der Waals surface area contributed by atoms with Crippen molar-refractivity contribution in [2.45, 2.75) is 19.8 Å². The first-order valence-corrected chi connectivity index (χ1v) is 11.5. The molecule has 0 bridgehead atoms. The van der Waals surface area contributed by atoms with Gasteiger partial charge in [-0.2, -0.15) is 0 Å². The fourth-order valence-electron chi connectivity index (χ4n) is 3.07. The predicted octanol–water partition coefficient (Wildman–Crippen LogP) is 3.00. The highest BCUT2D eigenvalue weighted by atomic mass is 32.2. The molecule has 1 aromatic heterocycles. The number of aromatic nitrogens is 1. The Labute approximate surface area is 178 Å². The van der Waals surface area contributed by atoms with Crippen molar-refractivity contribution in [1.82, 2.24) is 9.88 Å². The predicted molar refractivity (Wildman–Crippen MR) is 117 cm³/mol.